The molecular formula is C17H18N2O. The third-order valence-electron chi connectivity index (χ3n) is 3.59. The second-order valence-electron chi connectivity index (χ2n) is 4.91. The standard InChI is InChI=1S/C17H18N2O/c1-2-17-18-14-10-6-7-11-15(14)19(17)12-16(20)13-8-4-3-5-9-13/h3-11,16,20H,2,12H2,1H3/t16-/m1/s1. The number of nitrogens with zero attached hydrogens (tertiary/aromatic N) is 2. The molecule has 1 N–H and O–H groups in total. The Morgan fingerprint density at radius 3 is 2.50 bits per heavy atom. The van der Waals surface area contributed by atoms with E-state index in [2.05, 4.69) is 22.5 Å². The predicted octanol–water partition coefficient (Wildman–Crippen LogP) is 3.33. The number of aromatic nitrogens is 2. The fourth-order valence-corrected chi connectivity index (χ4v) is 2.55. The maximum atomic E-state index is 10.4. The molecule has 3 nitrogen and oxygen atoms in total. The van der Waals surface area contributed by atoms with Gasteiger partial charge in [-0.25, -0.2) is 4.98 Å². The van der Waals surface area contributed by atoms with Crippen molar-refractivity contribution in [1.29, 1.82) is 0 Å². The lowest BCUT2D eigenvalue weighted by molar-refractivity contribution is 0.157. The Morgan fingerprint density at radius 2 is 1.75 bits per heavy atom. The van der Waals surface area contributed by atoms with Crippen LogP contribution in [0.4, 0.5) is 0 Å². The van der Waals surface area contributed by atoms with Crippen molar-refractivity contribution in [3.05, 3.63) is 66.0 Å². The maximum Gasteiger partial charge on any atom is 0.109 e. The minimum atomic E-state index is -0.515. The smallest absolute Gasteiger partial charge is 0.109 e. The van der Waals surface area contributed by atoms with Crippen molar-refractivity contribution in [2.45, 2.75) is 26.0 Å². The maximum absolute atomic E-state index is 10.4. The highest BCUT2D eigenvalue weighted by molar-refractivity contribution is 5.75. The molecule has 102 valence electrons. The molecule has 0 saturated carbocycles. The van der Waals surface area contributed by atoms with E-state index in [4.69, 9.17) is 0 Å². The van der Waals surface area contributed by atoms with Crippen LogP contribution in [0.3, 0.4) is 0 Å². The summed E-state index contributed by atoms with van der Waals surface area (Å²) >= 11 is 0. The van der Waals surface area contributed by atoms with Crippen LogP contribution in [0.1, 0.15) is 24.4 Å². The second kappa shape index (κ2) is 5.47. The van der Waals surface area contributed by atoms with Crippen LogP contribution in [0.15, 0.2) is 54.6 Å². The van der Waals surface area contributed by atoms with Crippen LogP contribution in [0.2, 0.25) is 0 Å². The number of imidazole rings is 1. The van der Waals surface area contributed by atoms with Crippen molar-refractivity contribution in [2.75, 3.05) is 0 Å². The molecule has 1 heterocycles. The van der Waals surface area contributed by atoms with Gasteiger partial charge in [0.2, 0.25) is 0 Å². The number of aryl methyl sites for hydroxylation is 1. The summed E-state index contributed by atoms with van der Waals surface area (Å²) in [5, 5.41) is 10.4. The van der Waals surface area contributed by atoms with E-state index in [9.17, 15) is 5.11 Å². The number of para-hydroxylation sites is 2. The lowest BCUT2D eigenvalue weighted by Gasteiger charge is -2.14. The average Bonchev–Trinajstić information content (AvgIpc) is 2.86. The van der Waals surface area contributed by atoms with E-state index in [1.165, 1.54) is 0 Å². The minimum Gasteiger partial charge on any atom is -0.387 e. The van der Waals surface area contributed by atoms with Gasteiger partial charge >= 0.3 is 0 Å². The molecule has 1 aromatic heterocycles. The van der Waals surface area contributed by atoms with Crippen molar-refractivity contribution in [3.63, 3.8) is 0 Å². The molecule has 0 amide bonds. The molecule has 20 heavy (non-hydrogen) atoms. The molecule has 0 aliphatic carbocycles. The van der Waals surface area contributed by atoms with Crippen LogP contribution in [0.5, 0.6) is 0 Å². The van der Waals surface area contributed by atoms with E-state index in [-0.39, 0.29) is 0 Å². The van der Waals surface area contributed by atoms with Crippen LogP contribution in [0.25, 0.3) is 11.0 Å². The summed E-state index contributed by atoms with van der Waals surface area (Å²) in [5.74, 6) is 1.01. The molecule has 2 aromatic carbocycles. The van der Waals surface area contributed by atoms with Crippen molar-refractivity contribution >= 4 is 11.0 Å². The zero-order valence-electron chi connectivity index (χ0n) is 11.5. The number of aliphatic hydroxyl groups excluding tert-OH is 1. The molecule has 0 aliphatic heterocycles. The van der Waals surface area contributed by atoms with Crippen LogP contribution in [0, 0.1) is 0 Å². The summed E-state index contributed by atoms with van der Waals surface area (Å²) in [4.78, 5) is 4.63. The second-order valence-corrected chi connectivity index (χ2v) is 4.91. The molecule has 3 aromatic rings. The topological polar surface area (TPSA) is 38.0 Å². The van der Waals surface area contributed by atoms with E-state index in [0.29, 0.717) is 6.54 Å². The van der Waals surface area contributed by atoms with Crippen LogP contribution >= 0.6 is 0 Å². The van der Waals surface area contributed by atoms with Gasteiger partial charge in [0.25, 0.3) is 0 Å². The molecule has 0 spiro atoms. The summed E-state index contributed by atoms with van der Waals surface area (Å²) in [6.07, 6.45) is 0.343. The SMILES string of the molecule is CCc1nc2ccccc2n1C[C@@H](O)c1ccccc1. The van der Waals surface area contributed by atoms with E-state index in [1.807, 2.05) is 48.5 Å². The minimum absolute atomic E-state index is 0.515. The van der Waals surface area contributed by atoms with Crippen LogP contribution in [-0.2, 0) is 13.0 Å². The van der Waals surface area contributed by atoms with E-state index in [1.54, 1.807) is 0 Å². The van der Waals surface area contributed by atoms with Gasteiger partial charge in [-0.2, -0.15) is 0 Å². The normalized spacial score (nSPS) is 12.7. The quantitative estimate of drug-likeness (QED) is 0.786. The number of aliphatic hydroxyl groups is 1. The van der Waals surface area contributed by atoms with Gasteiger partial charge < -0.3 is 9.67 Å². The summed E-state index contributed by atoms with van der Waals surface area (Å²) in [7, 11) is 0. The van der Waals surface area contributed by atoms with Gasteiger partial charge in [-0.15, -0.1) is 0 Å². The lowest BCUT2D eigenvalue weighted by Crippen LogP contribution is -2.11. The van der Waals surface area contributed by atoms with Gasteiger partial charge in [-0.05, 0) is 17.7 Å². The summed E-state index contributed by atoms with van der Waals surface area (Å²) in [6.45, 7) is 2.63. The van der Waals surface area contributed by atoms with Crippen molar-refractivity contribution in [3.8, 4) is 0 Å². The largest absolute Gasteiger partial charge is 0.387 e. The summed E-state index contributed by atoms with van der Waals surface area (Å²) in [6, 6.07) is 17.8. The van der Waals surface area contributed by atoms with E-state index in [0.717, 1.165) is 28.8 Å². The Morgan fingerprint density at radius 1 is 1.05 bits per heavy atom. The monoisotopic (exact) mass is 266 g/mol. The van der Waals surface area contributed by atoms with E-state index < -0.39 is 6.10 Å². The number of rotatable bonds is 4. The highest BCUT2D eigenvalue weighted by atomic mass is 16.3. The van der Waals surface area contributed by atoms with Gasteiger partial charge in [0.15, 0.2) is 0 Å². The first kappa shape index (κ1) is 12.9. The molecule has 1 atom stereocenters. The average molecular weight is 266 g/mol. The lowest BCUT2D eigenvalue weighted by atomic mass is 10.1. The molecule has 0 radical (unpaired) electrons. The fraction of sp³-hybridized carbons (Fsp3) is 0.235. The van der Waals surface area contributed by atoms with Gasteiger partial charge in [0.05, 0.1) is 23.7 Å². The number of hydrogen-bond donors (Lipinski definition) is 1. The Hall–Kier alpha value is -2.13. The Balaban J connectivity index is 1.98. The Labute approximate surface area is 118 Å². The molecule has 0 unspecified atom stereocenters. The third-order valence-corrected chi connectivity index (χ3v) is 3.59. The fourth-order valence-electron chi connectivity index (χ4n) is 2.55. The van der Waals surface area contributed by atoms with E-state index >= 15 is 0 Å². The molecule has 0 aliphatic rings. The van der Waals surface area contributed by atoms with Gasteiger partial charge in [0, 0.05) is 6.42 Å². The zero-order valence-corrected chi connectivity index (χ0v) is 11.5. The molecule has 3 heteroatoms. The van der Waals surface area contributed by atoms with Gasteiger partial charge in [-0.1, -0.05) is 49.4 Å². The molecular weight excluding hydrogens is 248 g/mol. The first-order chi connectivity index (χ1) is 9.79. The Bertz CT molecular complexity index is 703. The third kappa shape index (κ3) is 2.32. The number of hydrogen-bond acceptors (Lipinski definition) is 2. The summed E-state index contributed by atoms with van der Waals surface area (Å²) < 4.78 is 2.12. The highest BCUT2D eigenvalue weighted by Gasteiger charge is 2.14. The highest BCUT2D eigenvalue weighted by Crippen LogP contribution is 2.21. The van der Waals surface area contributed by atoms with Crippen molar-refractivity contribution in [1.82, 2.24) is 9.55 Å². The first-order valence-corrected chi connectivity index (χ1v) is 6.96. The van der Waals surface area contributed by atoms with Gasteiger partial charge in [0.1, 0.15) is 5.82 Å². The number of fused-ring (bicyclic) bond motifs is 1. The Kier molecular flexibility index (Phi) is 3.52. The van der Waals surface area contributed by atoms with Crippen LogP contribution in [-0.4, -0.2) is 14.7 Å². The van der Waals surface area contributed by atoms with Crippen LogP contribution < -0.4 is 0 Å². The molecule has 0 saturated heterocycles. The predicted molar refractivity (Wildman–Crippen MR) is 80.5 cm³/mol. The first-order valence-electron chi connectivity index (χ1n) is 6.96. The zero-order chi connectivity index (χ0) is 13.9. The molecule has 0 fully saturated rings. The van der Waals surface area contributed by atoms with Crippen molar-refractivity contribution < 1.29 is 5.11 Å². The molecule has 3 rings (SSSR count). The van der Waals surface area contributed by atoms with Gasteiger partial charge in [-0.3, -0.25) is 0 Å². The molecule has 0 bridgehead atoms. The summed E-state index contributed by atoms with van der Waals surface area (Å²) in [5.41, 5.74) is 3.01. The number of benzene rings is 2. The van der Waals surface area contributed by atoms with Crippen molar-refractivity contribution in [2.24, 2.45) is 0 Å².